The van der Waals surface area contributed by atoms with Gasteiger partial charge in [0.2, 0.25) is 5.89 Å². The average Bonchev–Trinajstić information content (AvgIpc) is 2.82. The maximum Gasteiger partial charge on any atom is 0.243 e. The third kappa shape index (κ3) is 3.37. The summed E-state index contributed by atoms with van der Waals surface area (Å²) in [4.78, 5) is 4.32. The number of hydrogen-bond acceptors (Lipinski definition) is 6. The van der Waals surface area contributed by atoms with Crippen LogP contribution in [-0.4, -0.2) is 34.5 Å². The lowest BCUT2D eigenvalue weighted by Crippen LogP contribution is -2.44. The number of nitrogens with one attached hydrogen (secondary N) is 1. The Hall–Kier alpha value is -0.980. The summed E-state index contributed by atoms with van der Waals surface area (Å²) in [7, 11) is 1.61. The van der Waals surface area contributed by atoms with E-state index in [0.29, 0.717) is 18.3 Å². The van der Waals surface area contributed by atoms with Gasteiger partial charge in [-0.2, -0.15) is 4.98 Å². The zero-order chi connectivity index (χ0) is 15.0. The Morgan fingerprint density at radius 1 is 1.40 bits per heavy atom. The fourth-order valence-electron chi connectivity index (χ4n) is 2.83. The van der Waals surface area contributed by atoms with Gasteiger partial charge in [0.1, 0.15) is 6.61 Å². The zero-order valence-corrected chi connectivity index (χ0v) is 13.2. The summed E-state index contributed by atoms with van der Waals surface area (Å²) in [5, 5.41) is 7.42. The molecule has 2 unspecified atom stereocenters. The van der Waals surface area contributed by atoms with Crippen molar-refractivity contribution in [3.05, 3.63) is 11.7 Å². The molecule has 0 saturated carbocycles. The molecule has 114 valence electrons. The molecule has 6 heteroatoms. The lowest BCUT2D eigenvalue weighted by Gasteiger charge is -2.29. The van der Waals surface area contributed by atoms with Crippen LogP contribution in [0.25, 0.3) is 0 Å². The molecule has 0 bridgehead atoms. The highest BCUT2D eigenvalue weighted by atomic mass is 16.5. The van der Waals surface area contributed by atoms with E-state index in [1.54, 1.807) is 7.11 Å². The first-order valence-corrected chi connectivity index (χ1v) is 7.01. The highest BCUT2D eigenvalue weighted by Crippen LogP contribution is 2.38. The Labute approximate surface area is 120 Å². The molecule has 0 radical (unpaired) electrons. The quantitative estimate of drug-likeness (QED) is 0.893. The minimum absolute atomic E-state index is 0.0186. The molecule has 1 aromatic rings. The maximum absolute atomic E-state index is 6.08. The Morgan fingerprint density at radius 2 is 2.10 bits per heavy atom. The van der Waals surface area contributed by atoms with Crippen LogP contribution in [0, 0.1) is 0 Å². The van der Waals surface area contributed by atoms with Crippen molar-refractivity contribution in [1.82, 2.24) is 15.5 Å². The van der Waals surface area contributed by atoms with Crippen LogP contribution in [0.5, 0.6) is 0 Å². The minimum atomic E-state index is -0.215. The summed E-state index contributed by atoms with van der Waals surface area (Å²) in [5.41, 5.74) is -0.329. The summed E-state index contributed by atoms with van der Waals surface area (Å²) in [5.74, 6) is 1.15. The van der Waals surface area contributed by atoms with Crippen molar-refractivity contribution in [2.75, 3.05) is 7.11 Å². The van der Waals surface area contributed by atoms with E-state index in [0.717, 1.165) is 6.42 Å². The zero-order valence-electron chi connectivity index (χ0n) is 13.2. The molecule has 1 aliphatic heterocycles. The monoisotopic (exact) mass is 283 g/mol. The topological polar surface area (TPSA) is 69.4 Å². The van der Waals surface area contributed by atoms with E-state index < -0.39 is 0 Å². The number of rotatable bonds is 5. The van der Waals surface area contributed by atoms with Gasteiger partial charge in [0.25, 0.3) is 0 Å². The van der Waals surface area contributed by atoms with Crippen molar-refractivity contribution >= 4 is 0 Å². The molecule has 20 heavy (non-hydrogen) atoms. The molecule has 0 aromatic carbocycles. The molecular formula is C14H25N3O3. The predicted molar refractivity (Wildman–Crippen MR) is 74.2 cm³/mol. The van der Waals surface area contributed by atoms with Crippen molar-refractivity contribution in [2.24, 2.45) is 0 Å². The highest BCUT2D eigenvalue weighted by molar-refractivity contribution is 5.01. The predicted octanol–water partition coefficient (Wildman–Crippen LogP) is 2.21. The van der Waals surface area contributed by atoms with Gasteiger partial charge in [-0.05, 0) is 41.0 Å². The second-order valence-corrected chi connectivity index (χ2v) is 6.59. The van der Waals surface area contributed by atoms with E-state index in [1.165, 1.54) is 0 Å². The molecule has 1 N–H and O–H groups in total. The molecule has 0 aliphatic carbocycles. The smallest absolute Gasteiger partial charge is 0.243 e. The van der Waals surface area contributed by atoms with Crippen LogP contribution in [0.15, 0.2) is 4.52 Å². The van der Waals surface area contributed by atoms with Crippen molar-refractivity contribution in [1.29, 1.82) is 0 Å². The van der Waals surface area contributed by atoms with E-state index >= 15 is 0 Å². The average molecular weight is 283 g/mol. The first kappa shape index (κ1) is 15.4. The molecule has 1 aromatic heterocycles. The third-order valence-electron chi connectivity index (χ3n) is 3.65. The van der Waals surface area contributed by atoms with Gasteiger partial charge in [0, 0.05) is 13.2 Å². The van der Waals surface area contributed by atoms with Gasteiger partial charge in [-0.25, -0.2) is 0 Å². The van der Waals surface area contributed by atoms with Crippen molar-refractivity contribution in [3.8, 4) is 0 Å². The van der Waals surface area contributed by atoms with Gasteiger partial charge in [0.05, 0.1) is 17.2 Å². The van der Waals surface area contributed by atoms with Crippen molar-refractivity contribution < 1.29 is 14.0 Å². The molecule has 2 atom stereocenters. The summed E-state index contributed by atoms with van der Waals surface area (Å²) in [6, 6.07) is 0.222. The summed E-state index contributed by atoms with van der Waals surface area (Å²) in [6.07, 6.45) is 0.948. The van der Waals surface area contributed by atoms with Gasteiger partial charge >= 0.3 is 0 Å². The van der Waals surface area contributed by atoms with Crippen LogP contribution in [0.4, 0.5) is 0 Å². The normalized spacial score (nSPS) is 25.8. The fraction of sp³-hybridized carbons (Fsp3) is 0.857. The van der Waals surface area contributed by atoms with Crippen LogP contribution in [-0.2, 0) is 16.1 Å². The van der Waals surface area contributed by atoms with Gasteiger partial charge in [-0.1, -0.05) is 5.16 Å². The van der Waals surface area contributed by atoms with E-state index in [-0.39, 0.29) is 23.3 Å². The van der Waals surface area contributed by atoms with Crippen molar-refractivity contribution in [2.45, 2.75) is 70.9 Å². The summed E-state index contributed by atoms with van der Waals surface area (Å²) in [6.45, 7) is 10.8. The van der Waals surface area contributed by atoms with Gasteiger partial charge in [0.15, 0.2) is 5.82 Å². The Kier molecular flexibility index (Phi) is 4.18. The lowest BCUT2D eigenvalue weighted by molar-refractivity contribution is -0.0705. The minimum Gasteiger partial charge on any atom is -0.377 e. The number of hydrogen-bond donors (Lipinski definition) is 1. The Bertz CT molecular complexity index is 456. The molecule has 6 nitrogen and oxygen atoms in total. The maximum atomic E-state index is 6.08. The van der Waals surface area contributed by atoms with Crippen LogP contribution in [0.2, 0.25) is 0 Å². The van der Waals surface area contributed by atoms with Crippen LogP contribution in [0.3, 0.4) is 0 Å². The molecule has 1 saturated heterocycles. The van der Waals surface area contributed by atoms with Gasteiger partial charge in [-0.3, -0.25) is 0 Å². The van der Waals surface area contributed by atoms with Crippen molar-refractivity contribution in [3.63, 3.8) is 0 Å². The molecule has 0 amide bonds. The SMILES string of the molecule is COCc1noc(C(C)NC2CC(C)(C)OC2(C)C)n1. The molecular weight excluding hydrogens is 258 g/mol. The molecule has 2 heterocycles. The number of aromatic nitrogens is 2. The van der Waals surface area contributed by atoms with E-state index in [2.05, 4.69) is 43.2 Å². The van der Waals surface area contributed by atoms with Crippen LogP contribution < -0.4 is 5.32 Å². The highest BCUT2D eigenvalue weighted by Gasteiger charge is 2.46. The van der Waals surface area contributed by atoms with Gasteiger partial charge < -0.3 is 19.3 Å². The Morgan fingerprint density at radius 3 is 2.65 bits per heavy atom. The Balaban J connectivity index is 2.02. The van der Waals surface area contributed by atoms with E-state index in [1.807, 2.05) is 6.92 Å². The van der Waals surface area contributed by atoms with E-state index in [4.69, 9.17) is 14.0 Å². The number of ether oxygens (including phenoxy) is 2. The second kappa shape index (κ2) is 5.42. The second-order valence-electron chi connectivity index (χ2n) is 6.59. The standard InChI is InChI=1S/C14H25N3O3/c1-9(12-16-11(8-18-6)17-19-12)15-10-7-13(2,3)20-14(10,4)5/h9-10,15H,7-8H2,1-6H3. The van der Waals surface area contributed by atoms with Gasteiger partial charge in [-0.15, -0.1) is 0 Å². The fourth-order valence-corrected chi connectivity index (χ4v) is 2.83. The van der Waals surface area contributed by atoms with E-state index in [9.17, 15) is 0 Å². The first-order valence-electron chi connectivity index (χ1n) is 7.01. The molecule has 2 rings (SSSR count). The van der Waals surface area contributed by atoms with Crippen LogP contribution in [0.1, 0.15) is 58.8 Å². The summed E-state index contributed by atoms with van der Waals surface area (Å²) >= 11 is 0. The largest absolute Gasteiger partial charge is 0.377 e. The number of methoxy groups -OCH3 is 1. The lowest BCUT2D eigenvalue weighted by atomic mass is 9.94. The van der Waals surface area contributed by atoms with Crippen LogP contribution >= 0.6 is 0 Å². The summed E-state index contributed by atoms with van der Waals surface area (Å²) < 4.78 is 16.3. The number of nitrogens with zero attached hydrogens (tertiary/aromatic N) is 2. The first-order chi connectivity index (χ1) is 9.23. The third-order valence-corrected chi connectivity index (χ3v) is 3.65. The molecule has 1 aliphatic rings. The molecule has 1 fully saturated rings. The molecule has 0 spiro atoms.